The minimum atomic E-state index is -0.613. The summed E-state index contributed by atoms with van der Waals surface area (Å²) < 4.78 is 32.5. The second-order valence-corrected chi connectivity index (χ2v) is 6.27. The summed E-state index contributed by atoms with van der Waals surface area (Å²) in [6.45, 7) is 0.0446. The lowest BCUT2D eigenvalue weighted by molar-refractivity contribution is 0.299. The van der Waals surface area contributed by atoms with Gasteiger partial charge < -0.3 is 4.74 Å². The van der Waals surface area contributed by atoms with Crippen molar-refractivity contribution in [1.29, 1.82) is 0 Å². The van der Waals surface area contributed by atoms with Crippen molar-refractivity contribution in [2.24, 2.45) is 5.10 Å². The van der Waals surface area contributed by atoms with Gasteiger partial charge in [-0.3, -0.25) is 5.43 Å². The smallest absolute Gasteiger partial charge is 0.153 e. The molecule has 3 nitrogen and oxygen atoms in total. The number of nitrogens with zero attached hydrogens (tertiary/aromatic N) is 1. The third-order valence-corrected chi connectivity index (χ3v) is 4.15. The van der Waals surface area contributed by atoms with Crippen molar-refractivity contribution in [1.82, 2.24) is 5.43 Å². The van der Waals surface area contributed by atoms with E-state index in [4.69, 9.17) is 17.0 Å². The molecule has 2 rings (SSSR count). The standard InChI is InChI=1S/C17H16F2N2OS2/c1-24-17(23)21-20-9-8-12-2-6-15(7-3-12)22-11-13-4-5-14(18)10-16(13)19/h2-7,9-10H,8,11H2,1H3,(H,21,23). The number of halogens is 2. The molecule has 0 unspecified atom stereocenters. The number of ether oxygens (including phenoxy) is 1. The van der Waals surface area contributed by atoms with Crippen molar-refractivity contribution in [3.8, 4) is 5.75 Å². The molecular weight excluding hydrogens is 350 g/mol. The maximum absolute atomic E-state index is 13.5. The first-order valence-corrected chi connectivity index (χ1v) is 8.73. The molecule has 0 heterocycles. The summed E-state index contributed by atoms with van der Waals surface area (Å²) in [6, 6.07) is 10.8. The van der Waals surface area contributed by atoms with Crippen LogP contribution in [0.4, 0.5) is 8.78 Å². The Bertz CT molecular complexity index is 721. The van der Waals surface area contributed by atoms with E-state index >= 15 is 0 Å². The van der Waals surface area contributed by atoms with E-state index in [0.29, 0.717) is 22.1 Å². The monoisotopic (exact) mass is 366 g/mol. The summed E-state index contributed by atoms with van der Waals surface area (Å²) in [5, 5.41) is 4.01. The third-order valence-electron chi connectivity index (χ3n) is 3.09. The highest BCUT2D eigenvalue weighted by Gasteiger charge is 2.04. The summed E-state index contributed by atoms with van der Waals surface area (Å²) >= 11 is 6.38. The molecule has 24 heavy (non-hydrogen) atoms. The van der Waals surface area contributed by atoms with E-state index in [0.717, 1.165) is 11.6 Å². The van der Waals surface area contributed by atoms with E-state index in [-0.39, 0.29) is 6.61 Å². The first kappa shape index (κ1) is 18.4. The molecule has 0 aliphatic heterocycles. The molecule has 0 atom stereocenters. The molecule has 0 fully saturated rings. The van der Waals surface area contributed by atoms with E-state index in [2.05, 4.69) is 10.5 Å². The van der Waals surface area contributed by atoms with Crippen LogP contribution in [0.25, 0.3) is 0 Å². The first-order chi connectivity index (χ1) is 11.6. The molecule has 0 aromatic heterocycles. The Labute approximate surface area is 149 Å². The van der Waals surface area contributed by atoms with Crippen molar-refractivity contribution < 1.29 is 13.5 Å². The van der Waals surface area contributed by atoms with Gasteiger partial charge in [-0.25, -0.2) is 8.78 Å². The van der Waals surface area contributed by atoms with Crippen LogP contribution in [0.15, 0.2) is 47.6 Å². The van der Waals surface area contributed by atoms with E-state index in [1.807, 2.05) is 18.4 Å². The zero-order valence-corrected chi connectivity index (χ0v) is 14.6. The molecule has 0 spiro atoms. The lowest BCUT2D eigenvalue weighted by Gasteiger charge is -2.08. The highest BCUT2D eigenvalue weighted by Crippen LogP contribution is 2.16. The average Bonchev–Trinajstić information content (AvgIpc) is 2.59. The van der Waals surface area contributed by atoms with Gasteiger partial charge in [-0.2, -0.15) is 5.10 Å². The predicted molar refractivity (Wildman–Crippen MR) is 98.6 cm³/mol. The van der Waals surface area contributed by atoms with E-state index in [9.17, 15) is 8.78 Å². The van der Waals surface area contributed by atoms with Gasteiger partial charge in [0, 0.05) is 24.3 Å². The number of thioether (sulfide) groups is 1. The summed E-state index contributed by atoms with van der Waals surface area (Å²) in [6.07, 6.45) is 4.25. The number of hydrazone groups is 1. The van der Waals surface area contributed by atoms with E-state index in [1.165, 1.54) is 23.9 Å². The van der Waals surface area contributed by atoms with Gasteiger partial charge in [0.1, 0.15) is 24.0 Å². The number of rotatable bonds is 6. The predicted octanol–water partition coefficient (Wildman–Crippen LogP) is 4.31. The Morgan fingerprint density at radius 3 is 2.67 bits per heavy atom. The number of benzene rings is 2. The van der Waals surface area contributed by atoms with Crippen LogP contribution in [0.2, 0.25) is 0 Å². The Balaban J connectivity index is 1.84. The lowest BCUT2D eigenvalue weighted by Crippen LogP contribution is -2.10. The van der Waals surface area contributed by atoms with Crippen molar-refractivity contribution in [3.05, 3.63) is 65.2 Å². The minimum Gasteiger partial charge on any atom is -0.489 e. The highest BCUT2D eigenvalue weighted by molar-refractivity contribution is 8.22. The fourth-order valence-corrected chi connectivity index (χ4v) is 2.01. The highest BCUT2D eigenvalue weighted by atomic mass is 32.2. The van der Waals surface area contributed by atoms with Gasteiger partial charge in [0.15, 0.2) is 4.32 Å². The first-order valence-electron chi connectivity index (χ1n) is 7.09. The molecule has 0 aliphatic carbocycles. The summed E-state index contributed by atoms with van der Waals surface area (Å²) in [7, 11) is 0. The second kappa shape index (κ2) is 9.34. The molecule has 0 bridgehead atoms. The normalized spacial score (nSPS) is 10.8. The molecule has 0 amide bonds. The van der Waals surface area contributed by atoms with Crippen LogP contribution in [0, 0.1) is 11.6 Å². The van der Waals surface area contributed by atoms with E-state index in [1.54, 1.807) is 18.3 Å². The third kappa shape index (κ3) is 5.90. The van der Waals surface area contributed by atoms with Crippen LogP contribution in [0.5, 0.6) is 5.75 Å². The molecule has 2 aromatic carbocycles. The molecule has 126 valence electrons. The number of hydrogen-bond donors (Lipinski definition) is 1. The zero-order chi connectivity index (χ0) is 17.4. The molecule has 2 aromatic rings. The maximum Gasteiger partial charge on any atom is 0.153 e. The van der Waals surface area contributed by atoms with Gasteiger partial charge >= 0.3 is 0 Å². The SMILES string of the molecule is CSC(=S)NN=CCc1ccc(OCc2ccc(F)cc2F)cc1. The quantitative estimate of drug-likeness (QED) is 0.469. The van der Waals surface area contributed by atoms with Crippen LogP contribution >= 0.6 is 24.0 Å². The summed E-state index contributed by atoms with van der Waals surface area (Å²) in [5.74, 6) is -0.602. The van der Waals surface area contributed by atoms with E-state index < -0.39 is 11.6 Å². The molecule has 0 radical (unpaired) electrons. The number of thiocarbonyl (C=S) groups is 1. The van der Waals surface area contributed by atoms with Gasteiger partial charge in [0.25, 0.3) is 0 Å². The van der Waals surface area contributed by atoms with Crippen molar-refractivity contribution in [2.45, 2.75) is 13.0 Å². The van der Waals surface area contributed by atoms with Crippen molar-refractivity contribution >= 4 is 34.5 Å². The average molecular weight is 366 g/mol. The van der Waals surface area contributed by atoms with Crippen molar-refractivity contribution in [2.75, 3.05) is 6.26 Å². The topological polar surface area (TPSA) is 33.6 Å². The lowest BCUT2D eigenvalue weighted by atomic mass is 10.1. The fourth-order valence-electron chi connectivity index (χ4n) is 1.82. The Hall–Kier alpha value is -1.99. The molecular formula is C17H16F2N2OS2. The molecule has 0 saturated carbocycles. The van der Waals surface area contributed by atoms with Gasteiger partial charge in [0.2, 0.25) is 0 Å². The van der Waals surface area contributed by atoms with Crippen LogP contribution in [0.3, 0.4) is 0 Å². The minimum absolute atomic E-state index is 0.0446. The van der Waals surface area contributed by atoms with Crippen LogP contribution in [0.1, 0.15) is 11.1 Å². The van der Waals surface area contributed by atoms with Gasteiger partial charge in [0.05, 0.1) is 0 Å². The van der Waals surface area contributed by atoms with Crippen LogP contribution < -0.4 is 10.2 Å². The van der Waals surface area contributed by atoms with Gasteiger partial charge in [-0.15, -0.1) is 0 Å². The van der Waals surface area contributed by atoms with Crippen LogP contribution in [-0.4, -0.2) is 16.8 Å². The number of nitrogens with one attached hydrogen (secondary N) is 1. The Kier molecular flexibility index (Phi) is 7.14. The van der Waals surface area contributed by atoms with Crippen molar-refractivity contribution in [3.63, 3.8) is 0 Å². The number of hydrogen-bond acceptors (Lipinski definition) is 4. The van der Waals surface area contributed by atoms with Gasteiger partial charge in [-0.05, 0) is 36.1 Å². The maximum atomic E-state index is 13.5. The largest absolute Gasteiger partial charge is 0.489 e. The molecule has 7 heteroatoms. The molecule has 1 N–H and O–H groups in total. The van der Waals surface area contributed by atoms with Crippen LogP contribution in [-0.2, 0) is 13.0 Å². The summed E-state index contributed by atoms with van der Waals surface area (Å²) in [5.41, 5.74) is 4.10. The Morgan fingerprint density at radius 2 is 2.00 bits per heavy atom. The fraction of sp³-hybridized carbons (Fsp3) is 0.176. The Morgan fingerprint density at radius 1 is 1.25 bits per heavy atom. The molecule has 0 saturated heterocycles. The second-order valence-electron chi connectivity index (χ2n) is 4.79. The molecule has 0 aliphatic rings. The zero-order valence-electron chi connectivity index (χ0n) is 13.0. The summed E-state index contributed by atoms with van der Waals surface area (Å²) in [4.78, 5) is 0. The van der Waals surface area contributed by atoms with Gasteiger partial charge in [-0.1, -0.05) is 36.1 Å².